The first kappa shape index (κ1) is 12.6. The van der Waals surface area contributed by atoms with Crippen molar-refractivity contribution in [1.82, 2.24) is 14.7 Å². The lowest BCUT2D eigenvalue weighted by Crippen LogP contribution is -2.39. The zero-order valence-corrected chi connectivity index (χ0v) is 11.0. The van der Waals surface area contributed by atoms with Gasteiger partial charge in [-0.15, -0.1) is 0 Å². The first-order chi connectivity index (χ1) is 8.26. The van der Waals surface area contributed by atoms with Gasteiger partial charge in [-0.05, 0) is 32.9 Å². The van der Waals surface area contributed by atoms with E-state index in [9.17, 15) is 0 Å². The number of likely N-dealkylation sites (N-methyl/N-ethyl adjacent to an activating group) is 1. The largest absolute Gasteiger partial charge is 0.326 e. The van der Waals surface area contributed by atoms with E-state index in [1.807, 2.05) is 10.9 Å². The molecule has 2 N–H and O–H groups in total. The Kier molecular flexibility index (Phi) is 4.18. The third-order valence-corrected chi connectivity index (χ3v) is 3.76. The van der Waals surface area contributed by atoms with Crippen LogP contribution in [-0.4, -0.2) is 33.8 Å². The van der Waals surface area contributed by atoms with E-state index in [2.05, 4.69) is 30.0 Å². The van der Waals surface area contributed by atoms with Crippen molar-refractivity contribution in [2.24, 2.45) is 5.73 Å². The van der Waals surface area contributed by atoms with Gasteiger partial charge >= 0.3 is 0 Å². The fraction of sp³-hybridized carbons (Fsp3) is 0.769. The van der Waals surface area contributed by atoms with Crippen LogP contribution in [0.15, 0.2) is 12.4 Å². The van der Waals surface area contributed by atoms with Crippen molar-refractivity contribution in [1.29, 1.82) is 0 Å². The Labute approximate surface area is 104 Å². The number of nitrogens with two attached hydrogens (primary N) is 1. The topological polar surface area (TPSA) is 47.1 Å². The van der Waals surface area contributed by atoms with Gasteiger partial charge in [-0.1, -0.05) is 13.3 Å². The van der Waals surface area contributed by atoms with E-state index < -0.39 is 0 Å². The van der Waals surface area contributed by atoms with Crippen LogP contribution in [0.25, 0.3) is 0 Å². The number of hydrogen-bond donors (Lipinski definition) is 1. The highest BCUT2D eigenvalue weighted by atomic mass is 15.3. The van der Waals surface area contributed by atoms with E-state index in [0.717, 1.165) is 26.1 Å². The molecule has 2 unspecified atom stereocenters. The number of rotatable bonds is 3. The lowest BCUT2D eigenvalue weighted by molar-refractivity contribution is 0.195. The predicted octanol–water partition coefficient (Wildman–Crippen LogP) is 1.78. The summed E-state index contributed by atoms with van der Waals surface area (Å²) in [7, 11) is 0. The Bertz CT molecular complexity index is 347. The highest BCUT2D eigenvalue weighted by molar-refractivity contribution is 5.14. The summed E-state index contributed by atoms with van der Waals surface area (Å²) in [6, 6.07) is 0.592. The molecule has 1 fully saturated rings. The average Bonchev–Trinajstić information content (AvgIpc) is 2.73. The number of nitrogens with zero attached hydrogens (tertiary/aromatic N) is 3. The maximum Gasteiger partial charge on any atom is 0.0538 e. The number of likely N-dealkylation sites (tertiary alicyclic amines) is 1. The van der Waals surface area contributed by atoms with Gasteiger partial charge in [0.2, 0.25) is 0 Å². The number of aryl methyl sites for hydroxylation is 1. The van der Waals surface area contributed by atoms with Crippen LogP contribution in [0.4, 0.5) is 0 Å². The molecule has 0 bridgehead atoms. The second-order valence-corrected chi connectivity index (χ2v) is 4.86. The molecule has 2 rings (SSSR count). The van der Waals surface area contributed by atoms with Crippen molar-refractivity contribution < 1.29 is 0 Å². The van der Waals surface area contributed by atoms with Gasteiger partial charge in [0.25, 0.3) is 0 Å². The van der Waals surface area contributed by atoms with Gasteiger partial charge in [0.1, 0.15) is 0 Å². The fourth-order valence-corrected chi connectivity index (χ4v) is 2.78. The summed E-state index contributed by atoms with van der Waals surface area (Å²) in [5, 5.41) is 4.38. The highest BCUT2D eigenvalue weighted by Crippen LogP contribution is 2.28. The minimum atomic E-state index is 0.243. The molecule has 1 saturated heterocycles. The second-order valence-electron chi connectivity index (χ2n) is 4.86. The minimum absolute atomic E-state index is 0.243. The minimum Gasteiger partial charge on any atom is -0.326 e. The van der Waals surface area contributed by atoms with Crippen molar-refractivity contribution in [2.45, 2.75) is 51.7 Å². The molecule has 2 heterocycles. The highest BCUT2D eigenvalue weighted by Gasteiger charge is 2.28. The zero-order valence-electron chi connectivity index (χ0n) is 11.0. The summed E-state index contributed by atoms with van der Waals surface area (Å²) < 4.78 is 1.99. The molecule has 0 aliphatic carbocycles. The normalized spacial score (nSPS) is 27.0. The standard InChI is InChI=1S/C13H24N4/c1-3-16-8-6-5-7-12(14)13(16)11-9-15-17(4-2)10-11/h9-10,12-13H,3-8,14H2,1-2H3. The molecule has 0 amide bonds. The Morgan fingerprint density at radius 1 is 1.35 bits per heavy atom. The second kappa shape index (κ2) is 5.65. The average molecular weight is 236 g/mol. The molecule has 1 aliphatic heterocycles. The van der Waals surface area contributed by atoms with Crippen LogP contribution in [0, 0.1) is 0 Å². The number of aromatic nitrogens is 2. The Morgan fingerprint density at radius 2 is 2.18 bits per heavy atom. The molecular weight excluding hydrogens is 212 g/mol. The van der Waals surface area contributed by atoms with Crippen molar-refractivity contribution in [3.8, 4) is 0 Å². The van der Waals surface area contributed by atoms with Crippen molar-refractivity contribution in [2.75, 3.05) is 13.1 Å². The molecular formula is C13H24N4. The first-order valence-corrected chi connectivity index (χ1v) is 6.78. The van der Waals surface area contributed by atoms with Gasteiger partial charge in [-0.2, -0.15) is 5.10 Å². The lowest BCUT2D eigenvalue weighted by atomic mass is 9.99. The molecule has 0 spiro atoms. The summed E-state index contributed by atoms with van der Waals surface area (Å²) in [4.78, 5) is 2.49. The van der Waals surface area contributed by atoms with E-state index >= 15 is 0 Å². The molecule has 4 nitrogen and oxygen atoms in total. The van der Waals surface area contributed by atoms with Crippen molar-refractivity contribution in [3.05, 3.63) is 18.0 Å². The van der Waals surface area contributed by atoms with E-state index in [0.29, 0.717) is 6.04 Å². The summed E-state index contributed by atoms with van der Waals surface area (Å²) >= 11 is 0. The summed E-state index contributed by atoms with van der Waals surface area (Å²) in [6.07, 6.45) is 7.77. The van der Waals surface area contributed by atoms with E-state index in [1.54, 1.807) is 0 Å². The van der Waals surface area contributed by atoms with Crippen LogP contribution in [0.3, 0.4) is 0 Å². The predicted molar refractivity (Wildman–Crippen MR) is 69.7 cm³/mol. The molecule has 0 aromatic carbocycles. The van der Waals surface area contributed by atoms with Crippen LogP contribution < -0.4 is 5.73 Å². The third kappa shape index (κ3) is 2.69. The van der Waals surface area contributed by atoms with Crippen LogP contribution in [0.5, 0.6) is 0 Å². The monoisotopic (exact) mass is 236 g/mol. The smallest absolute Gasteiger partial charge is 0.0538 e. The summed E-state index contributed by atoms with van der Waals surface area (Å²) in [5.41, 5.74) is 7.63. The fourth-order valence-electron chi connectivity index (χ4n) is 2.78. The van der Waals surface area contributed by atoms with Gasteiger partial charge in [-0.25, -0.2) is 0 Å². The molecule has 1 aromatic heterocycles. The molecule has 1 aliphatic rings. The molecule has 17 heavy (non-hydrogen) atoms. The lowest BCUT2D eigenvalue weighted by Gasteiger charge is -2.31. The molecule has 4 heteroatoms. The van der Waals surface area contributed by atoms with E-state index in [-0.39, 0.29) is 6.04 Å². The molecule has 96 valence electrons. The quantitative estimate of drug-likeness (QED) is 0.870. The molecule has 0 radical (unpaired) electrons. The van der Waals surface area contributed by atoms with Gasteiger partial charge in [0.05, 0.1) is 12.2 Å². The SMILES string of the molecule is CCN1CCCCC(N)C1c1cnn(CC)c1. The van der Waals surface area contributed by atoms with Gasteiger partial charge in [-0.3, -0.25) is 9.58 Å². The van der Waals surface area contributed by atoms with Gasteiger partial charge in [0.15, 0.2) is 0 Å². The maximum absolute atomic E-state index is 6.35. The molecule has 2 atom stereocenters. The summed E-state index contributed by atoms with van der Waals surface area (Å²) in [6.45, 7) is 7.48. The van der Waals surface area contributed by atoms with E-state index in [1.165, 1.54) is 18.4 Å². The van der Waals surface area contributed by atoms with Gasteiger partial charge in [0, 0.05) is 24.3 Å². The molecule has 1 aromatic rings. The third-order valence-electron chi connectivity index (χ3n) is 3.76. The Balaban J connectivity index is 2.23. The first-order valence-electron chi connectivity index (χ1n) is 6.78. The van der Waals surface area contributed by atoms with Crippen molar-refractivity contribution >= 4 is 0 Å². The van der Waals surface area contributed by atoms with Crippen molar-refractivity contribution in [3.63, 3.8) is 0 Å². The van der Waals surface area contributed by atoms with Gasteiger partial charge < -0.3 is 5.73 Å². The molecule has 0 saturated carbocycles. The van der Waals surface area contributed by atoms with Crippen LogP contribution >= 0.6 is 0 Å². The van der Waals surface area contributed by atoms with E-state index in [4.69, 9.17) is 5.73 Å². The van der Waals surface area contributed by atoms with Crippen LogP contribution in [0.1, 0.15) is 44.7 Å². The van der Waals surface area contributed by atoms with Crippen LogP contribution in [0.2, 0.25) is 0 Å². The zero-order chi connectivity index (χ0) is 12.3. The maximum atomic E-state index is 6.35. The number of hydrogen-bond acceptors (Lipinski definition) is 3. The Morgan fingerprint density at radius 3 is 2.82 bits per heavy atom. The summed E-state index contributed by atoms with van der Waals surface area (Å²) in [5.74, 6) is 0. The van der Waals surface area contributed by atoms with Crippen LogP contribution in [-0.2, 0) is 6.54 Å². The Hall–Kier alpha value is -0.870.